The Morgan fingerprint density at radius 3 is 2.13 bits per heavy atom. The van der Waals surface area contributed by atoms with Crippen molar-refractivity contribution in [1.29, 1.82) is 0 Å². The Bertz CT molecular complexity index is 402. The van der Waals surface area contributed by atoms with Crippen molar-refractivity contribution in [2.75, 3.05) is 5.73 Å². The third kappa shape index (κ3) is 2.43. The van der Waals surface area contributed by atoms with Gasteiger partial charge in [0.25, 0.3) is 0 Å². The summed E-state index contributed by atoms with van der Waals surface area (Å²) in [5, 5.41) is 0. The highest BCUT2D eigenvalue weighted by molar-refractivity contribution is 6.46. The van der Waals surface area contributed by atoms with Crippen molar-refractivity contribution in [1.82, 2.24) is 0 Å². The van der Waals surface area contributed by atoms with E-state index in [0.717, 1.165) is 0 Å². The predicted molar refractivity (Wildman–Crippen MR) is 59.6 cm³/mol. The number of anilines is 1. The van der Waals surface area contributed by atoms with Gasteiger partial charge in [0, 0.05) is 16.7 Å². The van der Waals surface area contributed by atoms with Crippen LogP contribution < -0.4 is 5.73 Å². The molecular weight excluding hydrogens is 190 g/mol. The van der Waals surface area contributed by atoms with Crippen LogP contribution in [0.5, 0.6) is 0 Å². The summed E-state index contributed by atoms with van der Waals surface area (Å²) >= 11 is 0. The highest BCUT2D eigenvalue weighted by Gasteiger charge is 2.29. The first kappa shape index (κ1) is 11.4. The van der Waals surface area contributed by atoms with Crippen LogP contribution >= 0.6 is 0 Å². The number of rotatable bonds is 2. The van der Waals surface area contributed by atoms with Gasteiger partial charge >= 0.3 is 0 Å². The molecular formula is C12H15NO2. The molecule has 0 radical (unpaired) electrons. The van der Waals surface area contributed by atoms with E-state index >= 15 is 0 Å². The fraction of sp³-hybridized carbons (Fsp3) is 0.333. The zero-order valence-electron chi connectivity index (χ0n) is 9.20. The average Bonchev–Trinajstić information content (AvgIpc) is 2.15. The first-order valence-electron chi connectivity index (χ1n) is 4.77. The van der Waals surface area contributed by atoms with Crippen LogP contribution in [-0.4, -0.2) is 11.6 Å². The molecule has 1 aromatic carbocycles. The van der Waals surface area contributed by atoms with E-state index in [-0.39, 0.29) is 5.56 Å². The second kappa shape index (κ2) is 3.85. The van der Waals surface area contributed by atoms with Gasteiger partial charge in [-0.15, -0.1) is 0 Å². The second-order valence-electron chi connectivity index (χ2n) is 4.50. The Labute approximate surface area is 89.3 Å². The molecule has 0 unspecified atom stereocenters. The van der Waals surface area contributed by atoms with Gasteiger partial charge in [0.2, 0.25) is 11.6 Å². The highest BCUT2D eigenvalue weighted by atomic mass is 16.2. The Morgan fingerprint density at radius 2 is 1.67 bits per heavy atom. The molecule has 0 heterocycles. The number of para-hydroxylation sites is 1. The number of ketones is 2. The monoisotopic (exact) mass is 205 g/mol. The minimum absolute atomic E-state index is 0.289. The molecule has 0 atom stereocenters. The van der Waals surface area contributed by atoms with E-state index in [2.05, 4.69) is 0 Å². The molecule has 0 aliphatic carbocycles. The number of hydrogen-bond acceptors (Lipinski definition) is 3. The molecule has 2 N–H and O–H groups in total. The van der Waals surface area contributed by atoms with Crippen LogP contribution in [0.15, 0.2) is 24.3 Å². The molecule has 0 bridgehead atoms. The van der Waals surface area contributed by atoms with Crippen LogP contribution in [0.1, 0.15) is 31.1 Å². The van der Waals surface area contributed by atoms with Crippen LogP contribution in [0.4, 0.5) is 5.69 Å². The number of Topliss-reactive ketones (excluding diaryl/α,β-unsaturated/α-hetero) is 2. The van der Waals surface area contributed by atoms with Crippen molar-refractivity contribution >= 4 is 17.3 Å². The van der Waals surface area contributed by atoms with E-state index < -0.39 is 17.0 Å². The van der Waals surface area contributed by atoms with Crippen LogP contribution in [-0.2, 0) is 4.79 Å². The SMILES string of the molecule is CC(C)(C)C(=O)C(=O)c1ccccc1N. The Hall–Kier alpha value is -1.64. The van der Waals surface area contributed by atoms with E-state index in [1.54, 1.807) is 45.0 Å². The predicted octanol–water partition coefficient (Wildman–Crippen LogP) is 2.07. The summed E-state index contributed by atoms with van der Waals surface area (Å²) in [6, 6.07) is 6.61. The molecule has 15 heavy (non-hydrogen) atoms. The molecule has 3 heteroatoms. The van der Waals surface area contributed by atoms with E-state index in [4.69, 9.17) is 5.73 Å². The lowest BCUT2D eigenvalue weighted by Gasteiger charge is -2.15. The standard InChI is InChI=1S/C12H15NO2/c1-12(2,3)11(15)10(14)8-6-4-5-7-9(8)13/h4-7H,13H2,1-3H3. The van der Waals surface area contributed by atoms with Gasteiger partial charge in [0.05, 0.1) is 0 Å². The molecule has 0 spiro atoms. The zero-order chi connectivity index (χ0) is 11.6. The quantitative estimate of drug-likeness (QED) is 0.456. The minimum atomic E-state index is -0.667. The van der Waals surface area contributed by atoms with Gasteiger partial charge in [0.15, 0.2) is 0 Å². The Balaban J connectivity index is 3.07. The van der Waals surface area contributed by atoms with Crippen LogP contribution in [0.2, 0.25) is 0 Å². The van der Waals surface area contributed by atoms with Crippen molar-refractivity contribution in [3.05, 3.63) is 29.8 Å². The maximum absolute atomic E-state index is 11.8. The number of nitrogens with two attached hydrogens (primary N) is 1. The van der Waals surface area contributed by atoms with E-state index in [1.807, 2.05) is 0 Å². The van der Waals surface area contributed by atoms with Gasteiger partial charge in [-0.25, -0.2) is 0 Å². The lowest BCUT2D eigenvalue weighted by molar-refractivity contribution is -0.121. The van der Waals surface area contributed by atoms with Crippen molar-refractivity contribution in [2.24, 2.45) is 5.41 Å². The minimum Gasteiger partial charge on any atom is -0.398 e. The Morgan fingerprint density at radius 1 is 1.13 bits per heavy atom. The summed E-state index contributed by atoms with van der Waals surface area (Å²) in [6.07, 6.45) is 0. The molecule has 0 aromatic heterocycles. The van der Waals surface area contributed by atoms with Gasteiger partial charge in [-0.2, -0.15) is 0 Å². The summed E-state index contributed by atoms with van der Waals surface area (Å²) in [6.45, 7) is 5.14. The number of hydrogen-bond donors (Lipinski definition) is 1. The summed E-state index contributed by atoms with van der Waals surface area (Å²) in [5.74, 6) is -0.930. The van der Waals surface area contributed by atoms with Crippen LogP contribution in [0.3, 0.4) is 0 Å². The largest absolute Gasteiger partial charge is 0.398 e. The summed E-state index contributed by atoms with van der Waals surface area (Å²) in [5.41, 5.74) is 5.60. The van der Waals surface area contributed by atoms with Gasteiger partial charge < -0.3 is 5.73 Å². The first-order chi connectivity index (χ1) is 6.84. The Kier molecular flexibility index (Phi) is 2.93. The fourth-order valence-electron chi connectivity index (χ4n) is 1.17. The third-order valence-corrected chi connectivity index (χ3v) is 2.09. The normalized spacial score (nSPS) is 11.1. The summed E-state index contributed by atoms with van der Waals surface area (Å²) < 4.78 is 0. The van der Waals surface area contributed by atoms with Crippen molar-refractivity contribution < 1.29 is 9.59 Å². The van der Waals surface area contributed by atoms with E-state index in [1.165, 1.54) is 0 Å². The maximum Gasteiger partial charge on any atom is 0.231 e. The molecule has 80 valence electrons. The zero-order valence-corrected chi connectivity index (χ0v) is 9.20. The maximum atomic E-state index is 11.8. The molecule has 0 saturated carbocycles. The molecule has 1 rings (SSSR count). The molecule has 3 nitrogen and oxygen atoms in total. The third-order valence-electron chi connectivity index (χ3n) is 2.09. The van der Waals surface area contributed by atoms with Crippen molar-refractivity contribution in [2.45, 2.75) is 20.8 Å². The van der Waals surface area contributed by atoms with E-state index in [9.17, 15) is 9.59 Å². The van der Waals surface area contributed by atoms with Crippen LogP contribution in [0, 0.1) is 5.41 Å². The fourth-order valence-corrected chi connectivity index (χ4v) is 1.17. The number of carbonyl (C=O) groups excluding carboxylic acids is 2. The first-order valence-corrected chi connectivity index (χ1v) is 4.77. The van der Waals surface area contributed by atoms with Gasteiger partial charge in [-0.05, 0) is 12.1 Å². The molecule has 0 amide bonds. The highest BCUT2D eigenvalue weighted by Crippen LogP contribution is 2.20. The number of nitrogen functional groups attached to an aromatic ring is 1. The van der Waals surface area contributed by atoms with Gasteiger partial charge in [-0.1, -0.05) is 32.9 Å². The molecule has 1 aromatic rings. The second-order valence-corrected chi connectivity index (χ2v) is 4.50. The summed E-state index contributed by atoms with van der Waals surface area (Å²) in [4.78, 5) is 23.5. The smallest absolute Gasteiger partial charge is 0.231 e. The van der Waals surface area contributed by atoms with Crippen molar-refractivity contribution in [3.63, 3.8) is 0 Å². The van der Waals surface area contributed by atoms with Gasteiger partial charge in [0.1, 0.15) is 0 Å². The molecule has 0 saturated heterocycles. The number of benzene rings is 1. The van der Waals surface area contributed by atoms with E-state index in [0.29, 0.717) is 5.69 Å². The van der Waals surface area contributed by atoms with Crippen molar-refractivity contribution in [3.8, 4) is 0 Å². The number of carbonyl (C=O) groups is 2. The molecule has 0 fully saturated rings. The molecule has 0 aliphatic rings. The molecule has 0 aliphatic heterocycles. The topological polar surface area (TPSA) is 60.2 Å². The van der Waals surface area contributed by atoms with Gasteiger partial charge in [-0.3, -0.25) is 9.59 Å². The summed E-state index contributed by atoms with van der Waals surface area (Å²) in [7, 11) is 0. The lowest BCUT2D eigenvalue weighted by Crippen LogP contribution is -2.29. The lowest BCUT2D eigenvalue weighted by atomic mass is 9.86. The average molecular weight is 205 g/mol. The van der Waals surface area contributed by atoms with Crippen LogP contribution in [0.25, 0.3) is 0 Å².